The third-order valence-corrected chi connectivity index (χ3v) is 8.71. The number of hydrogen-bond acceptors (Lipinski definition) is 6. The number of nitrogens with zero attached hydrogens (tertiary/aromatic N) is 3. The van der Waals surface area contributed by atoms with Crippen molar-refractivity contribution in [3.8, 4) is 6.07 Å². The van der Waals surface area contributed by atoms with Crippen LogP contribution in [0.5, 0.6) is 0 Å². The maximum Gasteiger partial charge on any atom is 0.413 e. The number of benzene rings is 1. The van der Waals surface area contributed by atoms with Crippen molar-refractivity contribution in [3.63, 3.8) is 0 Å². The summed E-state index contributed by atoms with van der Waals surface area (Å²) in [5, 5.41) is 14.4. The minimum atomic E-state index is -4.84. The van der Waals surface area contributed by atoms with Crippen molar-refractivity contribution in [2.45, 2.75) is 55.1 Å². The molecule has 8 nitrogen and oxygen atoms in total. The standard InChI is InChI=1S/C26H26F3N5O3S/c1-38(36,37)25(14-10-19(18-8-4-2-5-9-18)20(16-25)26(27,28)29)34-23(35)33-24(12-6-3-7-13-24)21-11-15-31-22(17-30)32-21/h2,4-5,8-11,14-15H,3,6-7,12-13,16H2,1H3,(H2,33,34,35). The van der Waals surface area contributed by atoms with E-state index in [4.69, 9.17) is 0 Å². The average molecular weight is 546 g/mol. The highest BCUT2D eigenvalue weighted by Crippen LogP contribution is 2.43. The van der Waals surface area contributed by atoms with E-state index >= 15 is 0 Å². The molecule has 1 atom stereocenters. The Kier molecular flexibility index (Phi) is 7.34. The number of amides is 2. The number of urea groups is 1. The van der Waals surface area contributed by atoms with E-state index in [1.54, 1.807) is 24.3 Å². The van der Waals surface area contributed by atoms with E-state index in [1.807, 2.05) is 6.07 Å². The van der Waals surface area contributed by atoms with Crippen LogP contribution in [0.3, 0.4) is 0 Å². The Bertz CT molecular complexity index is 1430. The van der Waals surface area contributed by atoms with Crippen molar-refractivity contribution in [1.82, 2.24) is 20.6 Å². The average Bonchev–Trinajstić information content (AvgIpc) is 2.88. The number of allylic oxidation sites excluding steroid dienone is 2. The fourth-order valence-corrected chi connectivity index (χ4v) is 6.03. The highest BCUT2D eigenvalue weighted by atomic mass is 32.2. The van der Waals surface area contributed by atoms with Gasteiger partial charge in [-0.1, -0.05) is 55.7 Å². The van der Waals surface area contributed by atoms with Crippen molar-refractivity contribution in [1.29, 1.82) is 5.26 Å². The first-order chi connectivity index (χ1) is 17.9. The first kappa shape index (κ1) is 27.3. The summed E-state index contributed by atoms with van der Waals surface area (Å²) in [5.74, 6) is -0.0918. The highest BCUT2D eigenvalue weighted by molar-refractivity contribution is 7.92. The first-order valence-corrected chi connectivity index (χ1v) is 13.9. The Morgan fingerprint density at radius 3 is 2.37 bits per heavy atom. The Morgan fingerprint density at radius 2 is 1.76 bits per heavy atom. The molecule has 1 saturated carbocycles. The first-order valence-electron chi connectivity index (χ1n) is 12.0. The second-order valence-electron chi connectivity index (χ2n) is 9.53. The van der Waals surface area contributed by atoms with Gasteiger partial charge in [-0.05, 0) is 36.1 Å². The molecule has 1 unspecified atom stereocenters. The summed E-state index contributed by atoms with van der Waals surface area (Å²) < 4.78 is 68.5. The van der Waals surface area contributed by atoms with Gasteiger partial charge in [-0.25, -0.2) is 23.2 Å². The number of aromatic nitrogens is 2. The van der Waals surface area contributed by atoms with Crippen molar-refractivity contribution < 1.29 is 26.4 Å². The second kappa shape index (κ2) is 10.2. The van der Waals surface area contributed by atoms with Crippen molar-refractivity contribution in [3.05, 3.63) is 77.4 Å². The summed E-state index contributed by atoms with van der Waals surface area (Å²) in [4.78, 5) is 19.1. The molecule has 1 fully saturated rings. The Hall–Kier alpha value is -3.72. The molecule has 1 aromatic carbocycles. The molecular weight excluding hydrogens is 519 g/mol. The molecule has 0 radical (unpaired) electrons. The van der Waals surface area contributed by atoms with Gasteiger partial charge in [-0.2, -0.15) is 18.4 Å². The monoisotopic (exact) mass is 545 g/mol. The molecule has 0 aliphatic heterocycles. The van der Waals surface area contributed by atoms with E-state index in [9.17, 15) is 31.6 Å². The SMILES string of the molecule is CS(=O)(=O)C1(NC(=O)NC2(c3ccnc(C#N)n3)CCCCC2)C=CC(c2ccccc2)=C(C(F)(F)F)C1. The minimum absolute atomic E-state index is 0.0918. The molecule has 12 heteroatoms. The largest absolute Gasteiger partial charge is 0.413 e. The molecule has 2 aliphatic rings. The second-order valence-corrected chi connectivity index (χ2v) is 11.8. The van der Waals surface area contributed by atoms with Gasteiger partial charge in [-0.15, -0.1) is 0 Å². The van der Waals surface area contributed by atoms with Gasteiger partial charge in [0.15, 0.2) is 14.7 Å². The maximum atomic E-state index is 14.2. The van der Waals surface area contributed by atoms with Gasteiger partial charge in [0.05, 0.1) is 11.2 Å². The van der Waals surface area contributed by atoms with Crippen LogP contribution < -0.4 is 10.6 Å². The predicted molar refractivity (Wildman–Crippen MR) is 134 cm³/mol. The van der Waals surface area contributed by atoms with Gasteiger partial charge in [0.2, 0.25) is 5.82 Å². The third kappa shape index (κ3) is 5.43. The Labute approximate surface area is 218 Å². The zero-order valence-corrected chi connectivity index (χ0v) is 21.4. The lowest BCUT2D eigenvalue weighted by Crippen LogP contribution is -2.60. The highest BCUT2D eigenvalue weighted by Gasteiger charge is 2.50. The molecule has 38 heavy (non-hydrogen) atoms. The molecule has 0 spiro atoms. The van der Waals surface area contributed by atoms with Crippen LogP contribution in [0, 0.1) is 11.3 Å². The minimum Gasteiger partial charge on any atom is -0.327 e. The number of nitriles is 1. The fraction of sp³-hybridized carbons (Fsp3) is 0.385. The normalized spacial score (nSPS) is 21.4. The van der Waals surface area contributed by atoms with Gasteiger partial charge in [0.1, 0.15) is 6.07 Å². The maximum absolute atomic E-state index is 14.2. The molecule has 0 bridgehead atoms. The summed E-state index contributed by atoms with van der Waals surface area (Å²) in [7, 11) is -4.28. The lowest BCUT2D eigenvalue weighted by Gasteiger charge is -2.40. The lowest BCUT2D eigenvalue weighted by atomic mass is 9.79. The van der Waals surface area contributed by atoms with Gasteiger partial charge in [0, 0.05) is 24.4 Å². The molecule has 2 amide bonds. The number of halogens is 3. The summed E-state index contributed by atoms with van der Waals surface area (Å²) in [6, 6.07) is 10.3. The molecular formula is C26H26F3N5O3S. The molecule has 1 heterocycles. The topological polar surface area (TPSA) is 125 Å². The van der Waals surface area contributed by atoms with Crippen LogP contribution in [-0.2, 0) is 15.4 Å². The number of nitrogens with one attached hydrogen (secondary N) is 2. The van der Waals surface area contributed by atoms with E-state index in [2.05, 4.69) is 20.6 Å². The van der Waals surface area contributed by atoms with Gasteiger partial charge < -0.3 is 10.6 Å². The zero-order valence-electron chi connectivity index (χ0n) is 20.5. The van der Waals surface area contributed by atoms with Crippen LogP contribution in [0.1, 0.15) is 55.6 Å². The number of hydrogen-bond donors (Lipinski definition) is 2. The lowest BCUT2D eigenvalue weighted by molar-refractivity contribution is -0.0942. The van der Waals surface area contributed by atoms with E-state index < -0.39 is 44.4 Å². The Morgan fingerprint density at radius 1 is 1.08 bits per heavy atom. The van der Waals surface area contributed by atoms with Crippen molar-refractivity contribution in [2.24, 2.45) is 0 Å². The summed E-state index contributed by atoms with van der Waals surface area (Å²) in [6.45, 7) is 0. The van der Waals surface area contributed by atoms with Crippen LogP contribution in [0.15, 0.2) is 60.3 Å². The number of carbonyl (C=O) groups excluding carboxylic acids is 1. The van der Waals surface area contributed by atoms with E-state index in [0.29, 0.717) is 18.5 Å². The van der Waals surface area contributed by atoms with E-state index in [1.165, 1.54) is 18.3 Å². The smallest absolute Gasteiger partial charge is 0.327 e. The molecule has 2 N–H and O–H groups in total. The number of rotatable bonds is 5. The van der Waals surface area contributed by atoms with Gasteiger partial charge >= 0.3 is 12.2 Å². The molecule has 200 valence electrons. The van der Waals surface area contributed by atoms with Crippen molar-refractivity contribution >= 4 is 21.4 Å². The molecule has 1 aromatic heterocycles. The predicted octanol–water partition coefficient (Wildman–Crippen LogP) is 4.52. The quantitative estimate of drug-likeness (QED) is 0.569. The van der Waals surface area contributed by atoms with E-state index in [-0.39, 0.29) is 17.0 Å². The van der Waals surface area contributed by atoms with Gasteiger partial charge in [-0.3, -0.25) is 0 Å². The number of carbonyl (C=O) groups is 1. The zero-order chi connectivity index (χ0) is 27.6. The molecule has 2 aromatic rings. The fourth-order valence-electron chi connectivity index (χ4n) is 5.03. The molecule has 2 aliphatic carbocycles. The summed E-state index contributed by atoms with van der Waals surface area (Å²) >= 11 is 0. The summed E-state index contributed by atoms with van der Waals surface area (Å²) in [5.41, 5.74) is -1.59. The van der Waals surface area contributed by atoms with Crippen LogP contribution >= 0.6 is 0 Å². The molecule has 4 rings (SSSR count). The van der Waals surface area contributed by atoms with Crippen molar-refractivity contribution in [2.75, 3.05) is 6.26 Å². The molecule has 0 saturated heterocycles. The van der Waals surface area contributed by atoms with Gasteiger partial charge in [0.25, 0.3) is 0 Å². The third-order valence-electron chi connectivity index (χ3n) is 7.00. The van der Waals surface area contributed by atoms with Crippen LogP contribution in [0.2, 0.25) is 0 Å². The number of alkyl halides is 3. The summed E-state index contributed by atoms with van der Waals surface area (Å²) in [6.07, 6.45) is 1.81. The number of sulfone groups is 1. The van der Waals surface area contributed by atoms with Crippen LogP contribution in [-0.4, -0.2) is 41.7 Å². The Balaban J connectivity index is 1.70. The van der Waals surface area contributed by atoms with E-state index in [0.717, 1.165) is 37.7 Å². The van der Waals surface area contributed by atoms with Crippen LogP contribution in [0.25, 0.3) is 5.57 Å². The van der Waals surface area contributed by atoms with Crippen LogP contribution in [0.4, 0.5) is 18.0 Å².